The second kappa shape index (κ2) is 7.56. The van der Waals surface area contributed by atoms with Gasteiger partial charge in [0, 0.05) is 12.4 Å². The summed E-state index contributed by atoms with van der Waals surface area (Å²) in [5, 5.41) is 4.15. The summed E-state index contributed by atoms with van der Waals surface area (Å²) < 4.78 is 10.6. The number of anilines is 1. The monoisotopic (exact) mass is 281 g/mol. The van der Waals surface area contributed by atoms with Crippen LogP contribution in [0.15, 0.2) is 47.8 Å². The van der Waals surface area contributed by atoms with Crippen LogP contribution in [0.3, 0.4) is 0 Å². The Morgan fingerprint density at radius 2 is 2.10 bits per heavy atom. The zero-order valence-electron chi connectivity index (χ0n) is 11.6. The molecule has 0 aliphatic rings. The number of hydrogen-bond donors (Lipinski definition) is 1. The molecule has 106 valence electrons. The molecule has 1 N–H and O–H groups in total. The minimum absolute atomic E-state index is 0.187. The molecule has 0 saturated carbocycles. The molecule has 0 atom stereocenters. The highest BCUT2D eigenvalue weighted by atomic mass is 16.5. The Bertz CT molecular complexity index is 648. The largest absolute Gasteiger partial charge is 0.493 e. The van der Waals surface area contributed by atoms with E-state index in [1.807, 2.05) is 24.3 Å². The average Bonchev–Trinajstić information content (AvgIpc) is 2.54. The number of hydrogen-bond acceptors (Lipinski definition) is 5. The van der Waals surface area contributed by atoms with Gasteiger partial charge in [-0.25, -0.2) is 0 Å². The number of rotatable bonds is 6. The smallest absolute Gasteiger partial charge is 0.163 e. The summed E-state index contributed by atoms with van der Waals surface area (Å²) >= 11 is 0. The van der Waals surface area contributed by atoms with E-state index in [0.717, 1.165) is 11.3 Å². The first-order valence-corrected chi connectivity index (χ1v) is 6.27. The molecule has 0 aliphatic heterocycles. The number of terminal acetylenes is 1. The number of pyridine rings is 1. The van der Waals surface area contributed by atoms with E-state index in [2.05, 4.69) is 21.4 Å². The molecule has 1 aromatic carbocycles. The van der Waals surface area contributed by atoms with Crippen molar-refractivity contribution in [3.8, 4) is 23.8 Å². The molecule has 5 nitrogen and oxygen atoms in total. The lowest BCUT2D eigenvalue weighted by Gasteiger charge is -2.09. The molecule has 21 heavy (non-hydrogen) atoms. The third kappa shape index (κ3) is 4.25. The van der Waals surface area contributed by atoms with E-state index in [9.17, 15) is 0 Å². The maximum Gasteiger partial charge on any atom is 0.163 e. The second-order valence-corrected chi connectivity index (χ2v) is 4.01. The van der Waals surface area contributed by atoms with Crippen molar-refractivity contribution in [1.29, 1.82) is 0 Å². The van der Waals surface area contributed by atoms with E-state index in [1.165, 1.54) is 0 Å². The van der Waals surface area contributed by atoms with E-state index in [1.54, 1.807) is 31.8 Å². The van der Waals surface area contributed by atoms with Crippen molar-refractivity contribution < 1.29 is 9.47 Å². The molecule has 1 aromatic heterocycles. The van der Waals surface area contributed by atoms with Crippen LogP contribution < -0.4 is 14.9 Å². The molecule has 0 radical (unpaired) electrons. The SMILES string of the molecule is C#CCOc1cc(C=NNc2ccncc2)ccc1OC. The third-order valence-corrected chi connectivity index (χ3v) is 2.59. The number of nitrogens with one attached hydrogen (secondary N) is 1. The Morgan fingerprint density at radius 3 is 2.81 bits per heavy atom. The number of ether oxygens (including phenoxy) is 2. The van der Waals surface area contributed by atoms with Gasteiger partial charge in [-0.1, -0.05) is 5.92 Å². The molecule has 1 heterocycles. The van der Waals surface area contributed by atoms with Gasteiger partial charge in [0.25, 0.3) is 0 Å². The first-order chi connectivity index (χ1) is 10.3. The lowest BCUT2D eigenvalue weighted by molar-refractivity contribution is 0.331. The first-order valence-electron chi connectivity index (χ1n) is 6.27. The lowest BCUT2D eigenvalue weighted by atomic mass is 10.2. The molecule has 0 spiro atoms. The minimum Gasteiger partial charge on any atom is -0.493 e. The molecule has 0 bridgehead atoms. The molecule has 2 rings (SSSR count). The van der Waals surface area contributed by atoms with Crippen LogP contribution in [0.4, 0.5) is 5.69 Å². The fourth-order valence-corrected chi connectivity index (χ4v) is 1.61. The van der Waals surface area contributed by atoms with Gasteiger partial charge in [-0.15, -0.1) is 6.42 Å². The van der Waals surface area contributed by atoms with Crippen LogP contribution in [0.2, 0.25) is 0 Å². The maximum absolute atomic E-state index is 5.43. The molecule has 0 fully saturated rings. The van der Waals surface area contributed by atoms with E-state index in [4.69, 9.17) is 15.9 Å². The Morgan fingerprint density at radius 1 is 1.29 bits per heavy atom. The predicted octanol–water partition coefficient (Wildman–Crippen LogP) is 2.55. The van der Waals surface area contributed by atoms with Crippen molar-refractivity contribution in [2.75, 3.05) is 19.1 Å². The van der Waals surface area contributed by atoms with Crippen LogP contribution in [-0.4, -0.2) is 24.9 Å². The van der Waals surface area contributed by atoms with E-state index in [0.29, 0.717) is 11.5 Å². The number of methoxy groups -OCH3 is 1. The fourth-order valence-electron chi connectivity index (χ4n) is 1.61. The van der Waals surface area contributed by atoms with Gasteiger partial charge >= 0.3 is 0 Å². The number of hydrazone groups is 1. The summed E-state index contributed by atoms with van der Waals surface area (Å²) in [5.41, 5.74) is 4.63. The van der Waals surface area contributed by atoms with Gasteiger partial charge in [-0.2, -0.15) is 5.10 Å². The third-order valence-electron chi connectivity index (χ3n) is 2.59. The summed E-state index contributed by atoms with van der Waals surface area (Å²) in [5.74, 6) is 3.64. The van der Waals surface area contributed by atoms with Gasteiger partial charge in [0.05, 0.1) is 19.0 Å². The molecular formula is C16H15N3O2. The minimum atomic E-state index is 0.187. The highest BCUT2D eigenvalue weighted by Crippen LogP contribution is 2.27. The molecule has 0 saturated heterocycles. The van der Waals surface area contributed by atoms with Crippen LogP contribution >= 0.6 is 0 Å². The maximum atomic E-state index is 5.43. The number of benzene rings is 1. The highest BCUT2D eigenvalue weighted by Gasteiger charge is 2.04. The normalized spacial score (nSPS) is 10.1. The summed E-state index contributed by atoms with van der Waals surface area (Å²) in [6, 6.07) is 9.15. The molecule has 5 heteroatoms. The fraction of sp³-hybridized carbons (Fsp3) is 0.125. The topological polar surface area (TPSA) is 55.7 Å². The van der Waals surface area contributed by atoms with Gasteiger partial charge in [0.1, 0.15) is 6.61 Å². The predicted molar refractivity (Wildman–Crippen MR) is 82.8 cm³/mol. The molecular weight excluding hydrogens is 266 g/mol. The summed E-state index contributed by atoms with van der Waals surface area (Å²) in [4.78, 5) is 3.93. The Kier molecular flexibility index (Phi) is 5.18. The van der Waals surface area contributed by atoms with Gasteiger partial charge in [0.2, 0.25) is 0 Å². The van der Waals surface area contributed by atoms with Crippen molar-refractivity contribution in [1.82, 2.24) is 4.98 Å². The van der Waals surface area contributed by atoms with Crippen molar-refractivity contribution >= 4 is 11.9 Å². The number of nitrogens with zero attached hydrogens (tertiary/aromatic N) is 2. The first kappa shape index (κ1) is 14.4. The van der Waals surface area contributed by atoms with Gasteiger partial charge in [-0.05, 0) is 35.9 Å². The molecule has 0 aliphatic carbocycles. The van der Waals surface area contributed by atoms with E-state index in [-0.39, 0.29) is 6.61 Å². The van der Waals surface area contributed by atoms with Crippen LogP contribution in [0.5, 0.6) is 11.5 Å². The van der Waals surface area contributed by atoms with Crippen LogP contribution in [0.1, 0.15) is 5.56 Å². The lowest BCUT2D eigenvalue weighted by Crippen LogP contribution is -1.98. The summed E-state index contributed by atoms with van der Waals surface area (Å²) in [6.45, 7) is 0.187. The van der Waals surface area contributed by atoms with E-state index < -0.39 is 0 Å². The average molecular weight is 281 g/mol. The quantitative estimate of drug-likeness (QED) is 0.502. The molecule has 0 unspecified atom stereocenters. The van der Waals surface area contributed by atoms with Crippen molar-refractivity contribution in [3.63, 3.8) is 0 Å². The number of aromatic nitrogens is 1. The van der Waals surface area contributed by atoms with Crippen LogP contribution in [-0.2, 0) is 0 Å². The second-order valence-electron chi connectivity index (χ2n) is 4.01. The Hall–Kier alpha value is -3.00. The summed E-state index contributed by atoms with van der Waals surface area (Å²) in [6.07, 6.45) is 10.3. The summed E-state index contributed by atoms with van der Waals surface area (Å²) in [7, 11) is 1.58. The van der Waals surface area contributed by atoms with Gasteiger partial charge in [0.15, 0.2) is 11.5 Å². The zero-order valence-corrected chi connectivity index (χ0v) is 11.6. The van der Waals surface area contributed by atoms with Crippen molar-refractivity contribution in [2.45, 2.75) is 0 Å². The molecule has 0 amide bonds. The van der Waals surface area contributed by atoms with Crippen molar-refractivity contribution in [3.05, 3.63) is 48.3 Å². The zero-order chi connectivity index (χ0) is 14.9. The van der Waals surface area contributed by atoms with Crippen LogP contribution in [0, 0.1) is 12.3 Å². The molecule has 2 aromatic rings. The van der Waals surface area contributed by atoms with Crippen LogP contribution in [0.25, 0.3) is 0 Å². The van der Waals surface area contributed by atoms with Crippen molar-refractivity contribution in [2.24, 2.45) is 5.10 Å². The Labute approximate surface area is 123 Å². The standard InChI is InChI=1S/C16H15N3O2/c1-3-10-21-16-11-13(4-5-15(16)20-2)12-18-19-14-6-8-17-9-7-14/h1,4-9,11-12H,10H2,2H3,(H,17,19). The van der Waals surface area contributed by atoms with Gasteiger partial charge < -0.3 is 9.47 Å². The highest BCUT2D eigenvalue weighted by molar-refractivity contribution is 5.81. The Balaban J connectivity index is 2.07. The van der Waals surface area contributed by atoms with Gasteiger partial charge in [-0.3, -0.25) is 10.4 Å². The van der Waals surface area contributed by atoms with E-state index >= 15 is 0 Å².